The normalized spacial score (nSPS) is 12.6. The number of esters is 1. The quantitative estimate of drug-likeness (QED) is 0.543. The number of carbonyl (C=O) groups excluding carboxylic acids is 1. The molecule has 3 aromatic rings. The van der Waals surface area contributed by atoms with Gasteiger partial charge >= 0.3 is 5.97 Å². The van der Waals surface area contributed by atoms with Crippen LogP contribution in [0.5, 0.6) is 17.2 Å². The highest BCUT2D eigenvalue weighted by molar-refractivity contribution is 7.94. The summed E-state index contributed by atoms with van der Waals surface area (Å²) in [6.07, 6.45) is 0. The van der Waals surface area contributed by atoms with Crippen LogP contribution in [-0.2, 0) is 14.8 Å². The molecule has 4 rings (SSSR count). The number of thiophene rings is 1. The number of phenolic OH excluding ortho intramolecular Hbond substituents is 1. The van der Waals surface area contributed by atoms with Crippen LogP contribution in [0.4, 0.5) is 5.69 Å². The van der Waals surface area contributed by atoms with Crippen LogP contribution in [0.3, 0.4) is 0 Å². The SMILES string of the molecule is COC(=O)c1ccc(NS(=O)(=O)c2cc(-c3ccc4c(c3)OCO4)c(Cl)s2)cc1O. The first-order valence-electron chi connectivity index (χ1n) is 8.42. The van der Waals surface area contributed by atoms with Gasteiger partial charge in [0.15, 0.2) is 11.5 Å². The van der Waals surface area contributed by atoms with Crippen molar-refractivity contribution in [2.24, 2.45) is 0 Å². The van der Waals surface area contributed by atoms with Gasteiger partial charge in [0.05, 0.1) is 12.8 Å². The second kappa shape index (κ2) is 7.71. The maximum atomic E-state index is 12.8. The van der Waals surface area contributed by atoms with Crippen LogP contribution in [0, 0.1) is 0 Å². The largest absolute Gasteiger partial charge is 0.507 e. The average molecular weight is 468 g/mol. The van der Waals surface area contributed by atoms with E-state index in [-0.39, 0.29) is 26.6 Å². The second-order valence-corrected chi connectivity index (χ2v) is 9.71. The van der Waals surface area contributed by atoms with Crippen molar-refractivity contribution < 1.29 is 32.5 Å². The molecule has 2 N–H and O–H groups in total. The predicted octanol–water partition coefficient (Wildman–Crippen LogP) is 4.09. The molecule has 0 atom stereocenters. The van der Waals surface area contributed by atoms with Gasteiger partial charge in [-0.05, 0) is 35.9 Å². The van der Waals surface area contributed by atoms with Crippen molar-refractivity contribution >= 4 is 44.6 Å². The van der Waals surface area contributed by atoms with Crippen molar-refractivity contribution in [2.75, 3.05) is 18.6 Å². The van der Waals surface area contributed by atoms with Gasteiger partial charge in [0, 0.05) is 11.6 Å². The number of anilines is 1. The highest BCUT2D eigenvalue weighted by Crippen LogP contribution is 2.42. The van der Waals surface area contributed by atoms with E-state index < -0.39 is 21.7 Å². The zero-order valence-electron chi connectivity index (χ0n) is 15.3. The van der Waals surface area contributed by atoms with E-state index in [4.69, 9.17) is 21.1 Å². The van der Waals surface area contributed by atoms with Gasteiger partial charge in [-0.2, -0.15) is 0 Å². The number of aromatic hydroxyl groups is 1. The Hall–Kier alpha value is -2.95. The third-order valence-electron chi connectivity index (χ3n) is 4.27. The number of ether oxygens (including phenoxy) is 3. The van der Waals surface area contributed by atoms with E-state index in [1.807, 2.05) is 0 Å². The number of halogens is 1. The Morgan fingerprint density at radius 3 is 2.67 bits per heavy atom. The molecule has 1 aliphatic rings. The van der Waals surface area contributed by atoms with E-state index in [0.717, 1.165) is 17.4 Å². The topological polar surface area (TPSA) is 111 Å². The molecule has 8 nitrogen and oxygen atoms in total. The fourth-order valence-electron chi connectivity index (χ4n) is 2.82. The number of carbonyl (C=O) groups is 1. The molecule has 2 aromatic carbocycles. The maximum absolute atomic E-state index is 12.8. The molecule has 0 amide bonds. The Morgan fingerprint density at radius 1 is 1.17 bits per heavy atom. The van der Waals surface area contributed by atoms with Crippen LogP contribution in [-0.4, -0.2) is 33.4 Å². The smallest absolute Gasteiger partial charge is 0.341 e. The van der Waals surface area contributed by atoms with Crippen LogP contribution in [0.1, 0.15) is 10.4 Å². The Labute approximate surface area is 180 Å². The number of methoxy groups -OCH3 is 1. The molecule has 0 bridgehead atoms. The summed E-state index contributed by atoms with van der Waals surface area (Å²) >= 11 is 7.19. The number of hydrogen-bond acceptors (Lipinski definition) is 8. The zero-order valence-corrected chi connectivity index (χ0v) is 17.7. The van der Waals surface area contributed by atoms with Crippen LogP contribution in [0.15, 0.2) is 46.7 Å². The van der Waals surface area contributed by atoms with Crippen LogP contribution < -0.4 is 14.2 Å². The molecule has 30 heavy (non-hydrogen) atoms. The lowest BCUT2D eigenvalue weighted by Crippen LogP contribution is -2.11. The third-order valence-corrected chi connectivity index (χ3v) is 7.48. The maximum Gasteiger partial charge on any atom is 0.341 e. The lowest BCUT2D eigenvalue weighted by molar-refractivity contribution is 0.0597. The second-order valence-electron chi connectivity index (χ2n) is 6.15. The fourth-order valence-corrected chi connectivity index (χ4v) is 5.64. The van der Waals surface area contributed by atoms with Gasteiger partial charge in [0.1, 0.15) is 19.9 Å². The summed E-state index contributed by atoms with van der Waals surface area (Å²) in [5.74, 6) is 0.0147. The summed E-state index contributed by atoms with van der Waals surface area (Å²) < 4.78 is 43.4. The summed E-state index contributed by atoms with van der Waals surface area (Å²) in [6.45, 7) is 0.126. The Kier molecular flexibility index (Phi) is 5.22. The average Bonchev–Trinajstić information content (AvgIpc) is 3.33. The molecular weight excluding hydrogens is 454 g/mol. The Morgan fingerprint density at radius 2 is 1.93 bits per heavy atom. The summed E-state index contributed by atoms with van der Waals surface area (Å²) in [4.78, 5) is 11.5. The zero-order chi connectivity index (χ0) is 21.5. The van der Waals surface area contributed by atoms with Gasteiger partial charge in [-0.1, -0.05) is 17.7 Å². The van der Waals surface area contributed by atoms with Gasteiger partial charge in [0.25, 0.3) is 10.0 Å². The summed E-state index contributed by atoms with van der Waals surface area (Å²) in [5.41, 5.74) is 1.21. The first-order chi connectivity index (χ1) is 14.3. The number of benzene rings is 2. The number of fused-ring (bicyclic) bond motifs is 1. The van der Waals surface area contributed by atoms with E-state index >= 15 is 0 Å². The minimum Gasteiger partial charge on any atom is -0.507 e. The number of nitrogens with one attached hydrogen (secondary N) is 1. The molecule has 1 aromatic heterocycles. The number of sulfonamides is 1. The van der Waals surface area contributed by atoms with E-state index in [1.165, 1.54) is 25.3 Å². The van der Waals surface area contributed by atoms with Gasteiger partial charge in [-0.25, -0.2) is 13.2 Å². The first kappa shape index (κ1) is 20.3. The van der Waals surface area contributed by atoms with Gasteiger partial charge < -0.3 is 19.3 Å². The van der Waals surface area contributed by atoms with E-state index in [2.05, 4.69) is 9.46 Å². The van der Waals surface area contributed by atoms with Crippen molar-refractivity contribution in [3.05, 3.63) is 52.4 Å². The summed E-state index contributed by atoms with van der Waals surface area (Å²) in [5, 5.41) is 9.96. The van der Waals surface area contributed by atoms with Gasteiger partial charge in [-0.15, -0.1) is 11.3 Å². The van der Waals surface area contributed by atoms with E-state index in [1.54, 1.807) is 18.2 Å². The summed E-state index contributed by atoms with van der Waals surface area (Å²) in [6, 6.07) is 10.4. The van der Waals surface area contributed by atoms with Crippen LogP contribution in [0.25, 0.3) is 11.1 Å². The number of rotatable bonds is 5. The monoisotopic (exact) mass is 467 g/mol. The standard InChI is InChI=1S/C19H14ClNO7S2/c1-26-19(23)12-4-3-11(7-14(12)22)21-30(24,25)17-8-13(18(20)29-17)10-2-5-15-16(6-10)28-9-27-15/h2-8,21-22H,9H2,1H3. The number of phenols is 1. The molecule has 2 heterocycles. The Bertz CT molecular complexity index is 1250. The molecule has 0 aliphatic carbocycles. The molecule has 0 unspecified atom stereocenters. The van der Waals surface area contributed by atoms with Crippen molar-refractivity contribution in [3.63, 3.8) is 0 Å². The van der Waals surface area contributed by atoms with E-state index in [9.17, 15) is 18.3 Å². The first-order valence-corrected chi connectivity index (χ1v) is 11.1. The Balaban J connectivity index is 1.62. The van der Waals surface area contributed by atoms with Crippen LogP contribution >= 0.6 is 22.9 Å². The minimum absolute atomic E-state index is 0.0169. The summed E-state index contributed by atoms with van der Waals surface area (Å²) in [7, 11) is -2.81. The highest BCUT2D eigenvalue weighted by atomic mass is 35.5. The van der Waals surface area contributed by atoms with Crippen molar-refractivity contribution in [3.8, 4) is 28.4 Å². The molecule has 1 aliphatic heterocycles. The van der Waals surface area contributed by atoms with Crippen molar-refractivity contribution in [1.82, 2.24) is 0 Å². The van der Waals surface area contributed by atoms with Crippen molar-refractivity contribution in [1.29, 1.82) is 0 Å². The molecule has 0 fully saturated rings. The lowest BCUT2D eigenvalue weighted by Gasteiger charge is -2.08. The highest BCUT2D eigenvalue weighted by Gasteiger charge is 2.23. The molecule has 156 valence electrons. The predicted molar refractivity (Wildman–Crippen MR) is 111 cm³/mol. The molecule has 0 radical (unpaired) electrons. The molecular formula is C19H14ClNO7S2. The lowest BCUT2D eigenvalue weighted by atomic mass is 10.1. The van der Waals surface area contributed by atoms with Gasteiger partial charge in [0.2, 0.25) is 6.79 Å². The van der Waals surface area contributed by atoms with Gasteiger partial charge in [-0.3, -0.25) is 4.72 Å². The molecule has 0 spiro atoms. The molecule has 11 heteroatoms. The molecule has 0 saturated carbocycles. The molecule has 0 saturated heterocycles. The van der Waals surface area contributed by atoms with Crippen molar-refractivity contribution in [2.45, 2.75) is 4.21 Å². The number of hydrogen-bond donors (Lipinski definition) is 2. The third kappa shape index (κ3) is 3.76. The fraction of sp³-hybridized carbons (Fsp3) is 0.105. The minimum atomic E-state index is -3.99. The van der Waals surface area contributed by atoms with E-state index in [0.29, 0.717) is 22.6 Å². The van der Waals surface area contributed by atoms with Crippen LogP contribution in [0.2, 0.25) is 4.34 Å².